The number of hydrogen-bond donors (Lipinski definition) is 2. The third-order valence-corrected chi connectivity index (χ3v) is 1.74. The number of hydrogen-bond acceptors (Lipinski definition) is 4. The zero-order valence-corrected chi connectivity index (χ0v) is 8.98. The maximum Gasteiger partial charge on any atom is 0.141 e. The quantitative estimate of drug-likeness (QED) is 0.400. The van der Waals surface area contributed by atoms with Crippen molar-refractivity contribution in [1.82, 2.24) is 0 Å². The summed E-state index contributed by atoms with van der Waals surface area (Å²) in [5.74, 6) is 0.301. The van der Waals surface area contributed by atoms with E-state index in [0.29, 0.717) is 6.61 Å². The molecular weight excluding hydrogens is 202 g/mol. The molecule has 2 N–H and O–H groups in total. The maximum atomic E-state index is 9.55. The molecule has 12 heavy (non-hydrogen) atoms. The summed E-state index contributed by atoms with van der Waals surface area (Å²) in [6.45, 7) is 4.44. The van der Waals surface area contributed by atoms with E-state index in [9.17, 15) is 8.42 Å². The van der Waals surface area contributed by atoms with Crippen molar-refractivity contribution in [3.05, 3.63) is 0 Å². The van der Waals surface area contributed by atoms with Crippen LogP contribution < -0.4 is 5.73 Å². The summed E-state index contributed by atoms with van der Waals surface area (Å²) < 4.78 is 23.9. The molecule has 0 aromatic carbocycles. The molecule has 0 aliphatic carbocycles. The van der Waals surface area contributed by atoms with Gasteiger partial charge in [0.1, 0.15) is 16.9 Å². The minimum absolute atomic E-state index is 0.0941. The number of rotatable bonds is 4. The van der Waals surface area contributed by atoms with E-state index < -0.39 is 10.7 Å². The van der Waals surface area contributed by atoms with E-state index in [2.05, 4.69) is 0 Å². The van der Waals surface area contributed by atoms with Crippen LogP contribution in [0.1, 0.15) is 13.8 Å². The van der Waals surface area contributed by atoms with E-state index in [-0.39, 0.29) is 17.9 Å². The van der Waals surface area contributed by atoms with Gasteiger partial charge in [-0.25, -0.2) is 8.42 Å². The molecule has 0 amide bonds. The molecule has 0 spiro atoms. The van der Waals surface area contributed by atoms with Gasteiger partial charge in [-0.2, -0.15) is 0 Å². The Morgan fingerprint density at radius 3 is 2.08 bits per heavy atom. The largest absolute Gasteiger partial charge is 0.364 e. The highest BCUT2D eigenvalue weighted by Gasteiger charge is 1.83. The van der Waals surface area contributed by atoms with Crippen LogP contribution in [0.4, 0.5) is 0 Å². The lowest BCUT2D eigenvalue weighted by molar-refractivity contribution is 0.0814. The Bertz CT molecular complexity index is 142. The zero-order chi connectivity index (χ0) is 9.98. The maximum absolute atomic E-state index is 9.55. The molecule has 0 aliphatic heterocycles. The normalized spacial score (nSPS) is 12.1. The van der Waals surface area contributed by atoms with Gasteiger partial charge in [0, 0.05) is 12.5 Å². The number of alkyl halides is 1. The molecule has 0 saturated carbocycles. The molecule has 0 fully saturated rings. The fourth-order valence-electron chi connectivity index (χ4n) is 0.332. The monoisotopic (exact) mass is 217 g/mol. The summed E-state index contributed by atoms with van der Waals surface area (Å²) in [7, 11) is -2.23. The van der Waals surface area contributed by atoms with Crippen LogP contribution in [0.25, 0.3) is 0 Å². The number of halogens is 1. The van der Waals surface area contributed by atoms with Crippen molar-refractivity contribution >= 4 is 22.3 Å². The summed E-state index contributed by atoms with van der Waals surface area (Å²) in [5, 5.41) is 0. The molecule has 0 aromatic heterocycles. The minimum atomic E-state index is -2.23. The van der Waals surface area contributed by atoms with E-state index in [1.165, 1.54) is 0 Å². The van der Waals surface area contributed by atoms with Crippen LogP contribution in [0.5, 0.6) is 0 Å². The first-order chi connectivity index (χ1) is 5.54. The predicted octanol–water partition coefficient (Wildman–Crippen LogP) is 0.164. The molecule has 0 heterocycles. The fourth-order valence-corrected chi connectivity index (χ4v) is 0.884. The second-order valence-electron chi connectivity index (χ2n) is 1.91. The Hall–Kier alpha value is 0.160. The Morgan fingerprint density at radius 2 is 2.08 bits per heavy atom. The van der Waals surface area contributed by atoms with Gasteiger partial charge in [-0.1, -0.05) is 0 Å². The van der Waals surface area contributed by atoms with Crippen LogP contribution in [-0.4, -0.2) is 32.9 Å². The summed E-state index contributed by atoms with van der Waals surface area (Å²) in [6, 6.07) is 0. The molecule has 6 heteroatoms. The Kier molecular flexibility index (Phi) is 13.6. The Labute approximate surface area is 80.0 Å². The zero-order valence-electron chi connectivity index (χ0n) is 7.33. The first-order valence-electron chi connectivity index (χ1n) is 3.59. The van der Waals surface area contributed by atoms with Crippen molar-refractivity contribution in [2.45, 2.75) is 20.1 Å². The van der Waals surface area contributed by atoms with Gasteiger partial charge in [0.25, 0.3) is 0 Å². The first-order valence-corrected chi connectivity index (χ1v) is 5.49. The van der Waals surface area contributed by atoms with Crippen molar-refractivity contribution < 1.29 is 13.2 Å². The third-order valence-electron chi connectivity index (χ3n) is 0.697. The van der Waals surface area contributed by atoms with E-state index in [4.69, 9.17) is 22.1 Å². The second kappa shape index (κ2) is 11.2. The van der Waals surface area contributed by atoms with Gasteiger partial charge >= 0.3 is 0 Å². The van der Waals surface area contributed by atoms with Gasteiger partial charge < -0.3 is 10.5 Å². The van der Waals surface area contributed by atoms with E-state index in [0.717, 1.165) is 0 Å². The van der Waals surface area contributed by atoms with Gasteiger partial charge in [-0.05, 0) is 13.8 Å². The summed E-state index contributed by atoms with van der Waals surface area (Å²) in [5.41, 5.74) is 5.18. The first kappa shape index (κ1) is 14.7. The molecule has 0 saturated heterocycles. The highest BCUT2D eigenvalue weighted by molar-refractivity contribution is 7.72. The van der Waals surface area contributed by atoms with Crippen LogP contribution in [0.2, 0.25) is 0 Å². The number of ether oxygens (including phenoxy) is 1. The van der Waals surface area contributed by atoms with Gasteiger partial charge in [-0.3, -0.25) is 0 Å². The molecule has 76 valence electrons. The molecule has 0 aliphatic rings. The molecule has 0 rings (SSSR count). The van der Waals surface area contributed by atoms with Gasteiger partial charge in [0.15, 0.2) is 0 Å². The van der Waals surface area contributed by atoms with Gasteiger partial charge in [-0.15, -0.1) is 11.6 Å². The average molecular weight is 218 g/mol. The van der Waals surface area contributed by atoms with Crippen molar-refractivity contribution in [1.29, 1.82) is 0 Å². The summed E-state index contributed by atoms with van der Waals surface area (Å²) >= 11 is 5.01. The van der Waals surface area contributed by atoms with E-state index in [1.807, 2.05) is 13.8 Å². The van der Waals surface area contributed by atoms with Crippen molar-refractivity contribution in [3.63, 3.8) is 0 Å². The lowest BCUT2D eigenvalue weighted by atomic mass is 10.7. The summed E-state index contributed by atoms with van der Waals surface area (Å²) in [4.78, 5) is 0. The molecule has 0 bridgehead atoms. The molecule has 4 nitrogen and oxygen atoms in total. The molecule has 0 aromatic rings. The van der Waals surface area contributed by atoms with Gasteiger partial charge in [0.2, 0.25) is 0 Å². The smallest absolute Gasteiger partial charge is 0.141 e. The Balaban J connectivity index is 0. The van der Waals surface area contributed by atoms with Crippen molar-refractivity contribution in [2.75, 3.05) is 18.2 Å². The molecule has 0 radical (unpaired) electrons. The lowest BCUT2D eigenvalue weighted by Crippen LogP contribution is -2.18. The van der Waals surface area contributed by atoms with Crippen LogP contribution in [0, 0.1) is 0 Å². The van der Waals surface area contributed by atoms with E-state index in [1.54, 1.807) is 0 Å². The van der Waals surface area contributed by atoms with Crippen LogP contribution in [-0.2, 0) is 15.4 Å². The Morgan fingerprint density at radius 1 is 1.58 bits per heavy atom. The van der Waals surface area contributed by atoms with Crippen LogP contribution in [0.3, 0.4) is 0 Å². The minimum Gasteiger partial charge on any atom is -0.364 e. The fraction of sp³-hybridized carbons (Fsp3) is 1.00. The summed E-state index contributed by atoms with van der Waals surface area (Å²) in [6.07, 6.45) is -0.102. The lowest BCUT2D eigenvalue weighted by Gasteiger charge is -2.00. The standard InChI is InChI=1S/C4H11NO.C2H5ClO2S/c1-3-6-4(2)5;3-1-2-6(4)5/h4H,3,5H2,1-2H3;6H,1-2H2. The highest BCUT2D eigenvalue weighted by atomic mass is 35.5. The second-order valence-corrected chi connectivity index (χ2v) is 3.40. The van der Waals surface area contributed by atoms with Crippen molar-refractivity contribution in [3.8, 4) is 0 Å². The topological polar surface area (TPSA) is 69.4 Å². The van der Waals surface area contributed by atoms with Crippen molar-refractivity contribution in [2.24, 2.45) is 5.73 Å². The van der Waals surface area contributed by atoms with E-state index >= 15 is 0 Å². The van der Waals surface area contributed by atoms with Gasteiger partial charge in [0.05, 0.1) is 5.75 Å². The highest BCUT2D eigenvalue weighted by Crippen LogP contribution is 1.74. The predicted molar refractivity (Wildman–Crippen MR) is 51.2 cm³/mol. The number of nitrogens with two attached hydrogens (primary N) is 1. The molecular formula is C6H16ClNO3S. The average Bonchev–Trinajstić information content (AvgIpc) is 1.87. The molecule has 1 atom stereocenters. The SMILES string of the molecule is CCOC(C)N.O=[SH](=O)CCCl. The van der Waals surface area contributed by atoms with Crippen LogP contribution >= 0.6 is 11.6 Å². The molecule has 1 unspecified atom stereocenters. The van der Waals surface area contributed by atoms with Crippen LogP contribution in [0.15, 0.2) is 0 Å². The number of thiol groups is 1. The third kappa shape index (κ3) is 22.5.